The summed E-state index contributed by atoms with van der Waals surface area (Å²) < 4.78 is 11.6. The van der Waals surface area contributed by atoms with Crippen LogP contribution in [-0.2, 0) is 0 Å². The third kappa shape index (κ3) is 2.00. The number of nitrogens with zero attached hydrogens (tertiary/aromatic N) is 1. The topological polar surface area (TPSA) is 21.7 Å². The van der Waals surface area contributed by atoms with Gasteiger partial charge in [-0.1, -0.05) is 12.1 Å². The average molecular weight is 219 g/mol. The van der Waals surface area contributed by atoms with E-state index >= 15 is 0 Å². The molecular weight excluding hydrogens is 202 g/mol. The normalized spacial score (nSPS) is 24.6. The zero-order valence-electron chi connectivity index (χ0n) is 9.39. The Balaban J connectivity index is 1.63. The van der Waals surface area contributed by atoms with Crippen molar-refractivity contribution in [3.05, 3.63) is 24.3 Å². The van der Waals surface area contributed by atoms with E-state index in [0.717, 1.165) is 18.0 Å². The Morgan fingerprint density at radius 3 is 2.69 bits per heavy atom. The highest BCUT2D eigenvalue weighted by molar-refractivity contribution is 5.40. The fraction of sp³-hybridized carbons (Fsp3) is 0.538. The van der Waals surface area contributed by atoms with Crippen LogP contribution in [0.15, 0.2) is 24.3 Å². The molecule has 2 aliphatic heterocycles. The molecule has 0 N–H and O–H groups in total. The lowest BCUT2D eigenvalue weighted by Gasteiger charge is -2.29. The smallest absolute Gasteiger partial charge is 0.161 e. The SMILES string of the molecule is c1ccc2c(c1)OCC(CN1CCCC1)O2. The first-order chi connectivity index (χ1) is 7.92. The molecule has 1 aromatic rings. The lowest BCUT2D eigenvalue weighted by Crippen LogP contribution is -2.39. The molecule has 2 heterocycles. The number of hydrogen-bond donors (Lipinski definition) is 0. The Morgan fingerprint density at radius 1 is 1.12 bits per heavy atom. The van der Waals surface area contributed by atoms with Gasteiger partial charge in [0.1, 0.15) is 12.7 Å². The molecule has 3 rings (SSSR count). The fourth-order valence-electron chi connectivity index (χ4n) is 2.41. The van der Waals surface area contributed by atoms with E-state index in [0.29, 0.717) is 6.61 Å². The summed E-state index contributed by atoms with van der Waals surface area (Å²) in [5, 5.41) is 0. The molecular formula is C13H17NO2. The second kappa shape index (κ2) is 4.34. The van der Waals surface area contributed by atoms with Crippen LogP contribution >= 0.6 is 0 Å². The third-order valence-corrected chi connectivity index (χ3v) is 3.23. The van der Waals surface area contributed by atoms with Gasteiger partial charge in [-0.15, -0.1) is 0 Å². The molecule has 0 saturated carbocycles. The van der Waals surface area contributed by atoms with Gasteiger partial charge < -0.3 is 9.47 Å². The Hall–Kier alpha value is -1.22. The average Bonchev–Trinajstić information content (AvgIpc) is 2.82. The predicted octanol–water partition coefficient (Wildman–Crippen LogP) is 1.92. The number of fused-ring (bicyclic) bond motifs is 1. The molecule has 1 atom stereocenters. The van der Waals surface area contributed by atoms with Crippen molar-refractivity contribution in [2.75, 3.05) is 26.2 Å². The van der Waals surface area contributed by atoms with Crippen LogP contribution in [0.25, 0.3) is 0 Å². The van der Waals surface area contributed by atoms with Gasteiger partial charge >= 0.3 is 0 Å². The summed E-state index contributed by atoms with van der Waals surface area (Å²) in [6, 6.07) is 7.90. The highest BCUT2D eigenvalue weighted by Crippen LogP contribution is 2.31. The van der Waals surface area contributed by atoms with Gasteiger partial charge in [-0.2, -0.15) is 0 Å². The van der Waals surface area contributed by atoms with E-state index in [1.165, 1.54) is 25.9 Å². The monoisotopic (exact) mass is 219 g/mol. The molecule has 0 radical (unpaired) electrons. The summed E-state index contributed by atoms with van der Waals surface area (Å²) in [5.74, 6) is 1.76. The Morgan fingerprint density at radius 2 is 1.88 bits per heavy atom. The molecule has 0 aromatic heterocycles. The van der Waals surface area contributed by atoms with Crippen molar-refractivity contribution >= 4 is 0 Å². The minimum atomic E-state index is 0.188. The van der Waals surface area contributed by atoms with Crippen LogP contribution in [0.1, 0.15) is 12.8 Å². The number of hydrogen-bond acceptors (Lipinski definition) is 3. The van der Waals surface area contributed by atoms with Crippen molar-refractivity contribution in [3.63, 3.8) is 0 Å². The van der Waals surface area contributed by atoms with Crippen LogP contribution in [0.3, 0.4) is 0 Å². The van der Waals surface area contributed by atoms with Gasteiger partial charge in [-0.05, 0) is 38.1 Å². The van der Waals surface area contributed by atoms with E-state index in [1.54, 1.807) is 0 Å². The zero-order valence-corrected chi connectivity index (χ0v) is 9.39. The maximum atomic E-state index is 5.93. The summed E-state index contributed by atoms with van der Waals surface area (Å²) in [6.45, 7) is 4.09. The highest BCUT2D eigenvalue weighted by atomic mass is 16.6. The van der Waals surface area contributed by atoms with Crippen LogP contribution in [0.5, 0.6) is 11.5 Å². The maximum Gasteiger partial charge on any atom is 0.161 e. The Bertz CT molecular complexity index is 361. The van der Waals surface area contributed by atoms with Crippen LogP contribution in [0.2, 0.25) is 0 Å². The second-order valence-electron chi connectivity index (χ2n) is 4.51. The Kier molecular flexibility index (Phi) is 2.70. The van der Waals surface area contributed by atoms with Gasteiger partial charge in [0.15, 0.2) is 11.5 Å². The van der Waals surface area contributed by atoms with Crippen LogP contribution in [0, 0.1) is 0 Å². The number of rotatable bonds is 2. The van der Waals surface area contributed by atoms with Gasteiger partial charge in [0.2, 0.25) is 0 Å². The molecule has 0 aliphatic carbocycles. The standard InChI is InChI=1S/C13H17NO2/c1-2-6-13-12(5-1)15-10-11(16-13)9-14-7-3-4-8-14/h1-2,5-6,11H,3-4,7-10H2. The lowest BCUT2D eigenvalue weighted by molar-refractivity contribution is 0.0650. The molecule has 0 spiro atoms. The molecule has 86 valence electrons. The second-order valence-corrected chi connectivity index (χ2v) is 4.51. The minimum absolute atomic E-state index is 0.188. The number of para-hydroxylation sites is 2. The maximum absolute atomic E-state index is 5.93. The highest BCUT2D eigenvalue weighted by Gasteiger charge is 2.24. The minimum Gasteiger partial charge on any atom is -0.486 e. The first-order valence-corrected chi connectivity index (χ1v) is 6.03. The number of ether oxygens (including phenoxy) is 2. The fourth-order valence-corrected chi connectivity index (χ4v) is 2.41. The molecule has 2 aliphatic rings. The van der Waals surface area contributed by atoms with Crippen molar-refractivity contribution in [3.8, 4) is 11.5 Å². The largest absolute Gasteiger partial charge is 0.486 e. The summed E-state index contributed by atoms with van der Waals surface area (Å²) in [4.78, 5) is 2.46. The van der Waals surface area contributed by atoms with Crippen LogP contribution in [-0.4, -0.2) is 37.2 Å². The first kappa shape index (κ1) is 9.97. The van der Waals surface area contributed by atoms with E-state index in [9.17, 15) is 0 Å². The zero-order chi connectivity index (χ0) is 10.8. The van der Waals surface area contributed by atoms with Crippen molar-refractivity contribution in [1.82, 2.24) is 4.90 Å². The predicted molar refractivity (Wildman–Crippen MR) is 62.0 cm³/mol. The molecule has 1 aromatic carbocycles. The van der Waals surface area contributed by atoms with Crippen LogP contribution in [0.4, 0.5) is 0 Å². The van der Waals surface area contributed by atoms with Crippen molar-refractivity contribution in [2.24, 2.45) is 0 Å². The first-order valence-electron chi connectivity index (χ1n) is 6.03. The van der Waals surface area contributed by atoms with Crippen molar-refractivity contribution in [1.29, 1.82) is 0 Å². The summed E-state index contributed by atoms with van der Waals surface area (Å²) >= 11 is 0. The molecule has 1 fully saturated rings. The lowest BCUT2D eigenvalue weighted by atomic mass is 10.2. The van der Waals surface area contributed by atoms with E-state index in [2.05, 4.69) is 4.90 Å². The summed E-state index contributed by atoms with van der Waals surface area (Å²) in [6.07, 6.45) is 2.84. The Labute approximate surface area is 96.0 Å². The van der Waals surface area contributed by atoms with E-state index < -0.39 is 0 Å². The molecule has 1 saturated heterocycles. The van der Waals surface area contributed by atoms with Crippen LogP contribution < -0.4 is 9.47 Å². The van der Waals surface area contributed by atoms with E-state index in [-0.39, 0.29) is 6.10 Å². The molecule has 0 amide bonds. The molecule has 16 heavy (non-hydrogen) atoms. The van der Waals surface area contributed by atoms with Crippen molar-refractivity contribution < 1.29 is 9.47 Å². The van der Waals surface area contributed by atoms with Gasteiger partial charge in [0.25, 0.3) is 0 Å². The van der Waals surface area contributed by atoms with Crippen molar-refractivity contribution in [2.45, 2.75) is 18.9 Å². The molecule has 0 bridgehead atoms. The summed E-state index contributed by atoms with van der Waals surface area (Å²) in [5.41, 5.74) is 0. The van der Waals surface area contributed by atoms with Gasteiger partial charge in [0.05, 0.1) is 0 Å². The number of likely N-dealkylation sites (tertiary alicyclic amines) is 1. The third-order valence-electron chi connectivity index (χ3n) is 3.23. The van der Waals surface area contributed by atoms with Gasteiger partial charge in [-0.25, -0.2) is 0 Å². The number of benzene rings is 1. The summed E-state index contributed by atoms with van der Waals surface area (Å²) in [7, 11) is 0. The van der Waals surface area contributed by atoms with E-state index in [4.69, 9.17) is 9.47 Å². The molecule has 3 heteroatoms. The van der Waals surface area contributed by atoms with E-state index in [1.807, 2.05) is 24.3 Å². The molecule has 1 unspecified atom stereocenters. The quantitative estimate of drug-likeness (QED) is 0.758. The molecule has 3 nitrogen and oxygen atoms in total. The van der Waals surface area contributed by atoms with Gasteiger partial charge in [0, 0.05) is 6.54 Å². The van der Waals surface area contributed by atoms with Gasteiger partial charge in [-0.3, -0.25) is 4.90 Å².